The van der Waals surface area contributed by atoms with E-state index in [-0.39, 0.29) is 17.9 Å². The second-order valence-electron chi connectivity index (χ2n) is 7.11. The van der Waals surface area contributed by atoms with Crippen molar-refractivity contribution in [1.29, 1.82) is 0 Å². The number of halogens is 1. The van der Waals surface area contributed by atoms with Crippen molar-refractivity contribution in [2.24, 2.45) is 0 Å². The van der Waals surface area contributed by atoms with Gasteiger partial charge in [-0.2, -0.15) is 4.31 Å². The van der Waals surface area contributed by atoms with Crippen LogP contribution in [0.5, 0.6) is 0 Å². The molecule has 1 aliphatic heterocycles. The number of amides is 2. The van der Waals surface area contributed by atoms with Gasteiger partial charge in [0.05, 0.1) is 17.0 Å². The lowest BCUT2D eigenvalue weighted by molar-refractivity contribution is -0.122. The number of carbonyl (C=O) groups excluding carboxylic acids is 2. The highest BCUT2D eigenvalue weighted by Crippen LogP contribution is 2.30. The number of nitrogens with zero attached hydrogens (tertiary/aromatic N) is 2. The van der Waals surface area contributed by atoms with Crippen LogP contribution in [-0.4, -0.2) is 30.6 Å². The molecule has 0 bridgehead atoms. The van der Waals surface area contributed by atoms with Gasteiger partial charge in [-0.05, 0) is 42.0 Å². The van der Waals surface area contributed by atoms with E-state index < -0.39 is 33.7 Å². The highest BCUT2D eigenvalue weighted by atomic mass is 32.2. The Labute approximate surface area is 179 Å². The summed E-state index contributed by atoms with van der Waals surface area (Å²) in [6, 6.07) is 20.4. The molecule has 1 saturated heterocycles. The molecule has 1 atom stereocenters. The van der Waals surface area contributed by atoms with Crippen molar-refractivity contribution in [3.8, 4) is 0 Å². The fraction of sp³-hybridized carbons (Fsp3) is 0.130. The maximum Gasteiger partial charge on any atom is 0.252 e. The van der Waals surface area contributed by atoms with E-state index >= 15 is 0 Å². The summed E-state index contributed by atoms with van der Waals surface area (Å²) in [6.07, 6.45) is -0.277. The maximum absolute atomic E-state index is 13.5. The van der Waals surface area contributed by atoms with Crippen molar-refractivity contribution in [3.05, 3.63) is 96.3 Å². The molecule has 0 radical (unpaired) electrons. The van der Waals surface area contributed by atoms with Gasteiger partial charge >= 0.3 is 0 Å². The molecular formula is C23H19FN2O4S. The Bertz CT molecular complexity index is 1200. The highest BCUT2D eigenvalue weighted by molar-refractivity contribution is 7.89. The number of rotatable bonds is 6. The number of imide groups is 1. The van der Waals surface area contributed by atoms with Crippen LogP contribution >= 0.6 is 0 Å². The van der Waals surface area contributed by atoms with E-state index in [1.807, 2.05) is 0 Å². The molecule has 0 saturated carbocycles. The molecule has 1 heterocycles. The topological polar surface area (TPSA) is 74.8 Å². The molecule has 0 aliphatic carbocycles. The zero-order chi connectivity index (χ0) is 22.0. The van der Waals surface area contributed by atoms with Crippen molar-refractivity contribution in [3.63, 3.8) is 0 Å². The Morgan fingerprint density at radius 2 is 1.45 bits per heavy atom. The SMILES string of the molecule is O=C1CC(N(Cc2ccccc2)S(=O)(=O)c2ccc(F)cc2)C(=O)N1c1ccccc1. The van der Waals surface area contributed by atoms with E-state index in [0.29, 0.717) is 11.3 Å². The third-order valence-corrected chi connectivity index (χ3v) is 6.96. The molecule has 4 rings (SSSR count). The number of anilines is 1. The molecule has 1 fully saturated rings. The minimum absolute atomic E-state index is 0.104. The minimum atomic E-state index is -4.19. The van der Waals surface area contributed by atoms with Crippen LogP contribution < -0.4 is 4.90 Å². The first-order valence-corrected chi connectivity index (χ1v) is 11.0. The van der Waals surface area contributed by atoms with Gasteiger partial charge in [0.1, 0.15) is 11.9 Å². The number of hydrogen-bond donors (Lipinski definition) is 0. The number of carbonyl (C=O) groups is 2. The van der Waals surface area contributed by atoms with Gasteiger partial charge in [0.2, 0.25) is 15.9 Å². The first-order valence-electron chi connectivity index (χ1n) is 9.61. The van der Waals surface area contributed by atoms with Gasteiger partial charge in [-0.15, -0.1) is 0 Å². The molecule has 31 heavy (non-hydrogen) atoms. The molecule has 0 aromatic heterocycles. The summed E-state index contributed by atoms with van der Waals surface area (Å²) in [5, 5.41) is 0. The van der Waals surface area contributed by atoms with Gasteiger partial charge in [-0.1, -0.05) is 48.5 Å². The van der Waals surface area contributed by atoms with E-state index in [2.05, 4.69) is 0 Å². The number of para-hydroxylation sites is 1. The third-order valence-electron chi connectivity index (χ3n) is 5.09. The van der Waals surface area contributed by atoms with Crippen LogP contribution in [0, 0.1) is 5.82 Å². The largest absolute Gasteiger partial charge is 0.274 e. The average Bonchev–Trinajstić information content (AvgIpc) is 3.07. The first-order chi connectivity index (χ1) is 14.9. The van der Waals surface area contributed by atoms with Gasteiger partial charge in [-0.3, -0.25) is 9.59 Å². The van der Waals surface area contributed by atoms with Crippen LogP contribution in [0.25, 0.3) is 0 Å². The summed E-state index contributed by atoms with van der Waals surface area (Å²) in [5.41, 5.74) is 1.05. The zero-order valence-corrected chi connectivity index (χ0v) is 17.2. The molecule has 0 spiro atoms. The van der Waals surface area contributed by atoms with Crippen molar-refractivity contribution in [2.45, 2.75) is 23.9 Å². The molecule has 1 aliphatic rings. The Morgan fingerprint density at radius 3 is 2.06 bits per heavy atom. The molecule has 3 aromatic rings. The number of sulfonamides is 1. The van der Waals surface area contributed by atoms with Crippen LogP contribution in [0.3, 0.4) is 0 Å². The van der Waals surface area contributed by atoms with Crippen molar-refractivity contribution in [2.75, 3.05) is 4.90 Å². The summed E-state index contributed by atoms with van der Waals surface area (Å²) in [5.74, 6) is -1.66. The van der Waals surface area contributed by atoms with E-state index in [4.69, 9.17) is 0 Å². The van der Waals surface area contributed by atoms with Gasteiger partial charge < -0.3 is 0 Å². The molecule has 6 nitrogen and oxygen atoms in total. The predicted octanol–water partition coefficient (Wildman–Crippen LogP) is 3.35. The Balaban J connectivity index is 1.75. The summed E-state index contributed by atoms with van der Waals surface area (Å²) in [7, 11) is -4.19. The second kappa shape index (κ2) is 8.41. The lowest BCUT2D eigenvalue weighted by Gasteiger charge is -2.27. The van der Waals surface area contributed by atoms with Crippen LogP contribution in [0.1, 0.15) is 12.0 Å². The highest BCUT2D eigenvalue weighted by Gasteiger charge is 2.46. The van der Waals surface area contributed by atoms with Crippen molar-refractivity contribution >= 4 is 27.5 Å². The van der Waals surface area contributed by atoms with E-state index in [0.717, 1.165) is 33.5 Å². The normalized spacial score (nSPS) is 16.8. The van der Waals surface area contributed by atoms with E-state index in [9.17, 15) is 22.4 Å². The van der Waals surface area contributed by atoms with Gasteiger partial charge in [0.25, 0.3) is 5.91 Å². The predicted molar refractivity (Wildman–Crippen MR) is 113 cm³/mol. The molecule has 158 valence electrons. The van der Waals surface area contributed by atoms with Crippen molar-refractivity contribution < 1.29 is 22.4 Å². The molecule has 8 heteroatoms. The molecule has 1 unspecified atom stereocenters. The third kappa shape index (κ3) is 4.12. The smallest absolute Gasteiger partial charge is 0.252 e. The van der Waals surface area contributed by atoms with Crippen LogP contribution in [0.4, 0.5) is 10.1 Å². The Morgan fingerprint density at radius 1 is 0.871 bits per heavy atom. The van der Waals surface area contributed by atoms with Gasteiger partial charge in [-0.25, -0.2) is 17.7 Å². The Kier molecular flexibility index (Phi) is 5.67. The maximum atomic E-state index is 13.5. The summed E-state index contributed by atoms with van der Waals surface area (Å²) in [4.78, 5) is 26.8. The van der Waals surface area contributed by atoms with E-state index in [1.165, 1.54) is 0 Å². The monoisotopic (exact) mass is 438 g/mol. The average molecular weight is 438 g/mol. The van der Waals surface area contributed by atoms with Crippen LogP contribution in [0.2, 0.25) is 0 Å². The molecular weight excluding hydrogens is 419 g/mol. The molecule has 0 N–H and O–H groups in total. The van der Waals surface area contributed by atoms with E-state index in [1.54, 1.807) is 60.7 Å². The van der Waals surface area contributed by atoms with Gasteiger partial charge in [0, 0.05) is 6.54 Å². The van der Waals surface area contributed by atoms with Gasteiger partial charge in [0.15, 0.2) is 0 Å². The lowest BCUT2D eigenvalue weighted by atomic mass is 10.2. The molecule has 3 aromatic carbocycles. The number of hydrogen-bond acceptors (Lipinski definition) is 4. The second-order valence-corrected chi connectivity index (χ2v) is 9.00. The first kappa shape index (κ1) is 20.9. The fourth-order valence-electron chi connectivity index (χ4n) is 3.56. The molecule has 2 amide bonds. The fourth-order valence-corrected chi connectivity index (χ4v) is 5.13. The zero-order valence-electron chi connectivity index (χ0n) is 16.4. The number of benzene rings is 3. The van der Waals surface area contributed by atoms with Crippen molar-refractivity contribution in [1.82, 2.24) is 4.31 Å². The summed E-state index contributed by atoms with van der Waals surface area (Å²) in [6.45, 7) is -0.104. The summed E-state index contributed by atoms with van der Waals surface area (Å²) >= 11 is 0. The van der Waals surface area contributed by atoms with Crippen LogP contribution in [-0.2, 0) is 26.2 Å². The Hall–Kier alpha value is -3.36. The minimum Gasteiger partial charge on any atom is -0.274 e. The quantitative estimate of drug-likeness (QED) is 0.553. The summed E-state index contributed by atoms with van der Waals surface area (Å²) < 4.78 is 41.3. The van der Waals surface area contributed by atoms with Crippen LogP contribution in [0.15, 0.2) is 89.8 Å². The lowest BCUT2D eigenvalue weighted by Crippen LogP contribution is -2.45. The standard InChI is InChI=1S/C23H19FN2O4S/c24-18-11-13-20(14-12-18)31(29,30)25(16-17-7-3-1-4-8-17)21-15-22(27)26(23(21)28)19-9-5-2-6-10-19/h1-14,21H,15-16H2.